The van der Waals surface area contributed by atoms with E-state index in [1.807, 2.05) is 0 Å². The van der Waals surface area contributed by atoms with Gasteiger partial charge in [0.15, 0.2) is 0 Å². The van der Waals surface area contributed by atoms with E-state index in [9.17, 15) is 0 Å². The van der Waals surface area contributed by atoms with E-state index < -0.39 is 0 Å². The molecule has 0 radical (unpaired) electrons. The predicted octanol–water partition coefficient (Wildman–Crippen LogP) is 14.3. The van der Waals surface area contributed by atoms with Crippen molar-refractivity contribution < 1.29 is 0 Å². The molecule has 0 saturated carbocycles. The van der Waals surface area contributed by atoms with E-state index in [2.05, 4.69) is 175 Å². The van der Waals surface area contributed by atoms with Gasteiger partial charge in [0, 0.05) is 16.7 Å². The van der Waals surface area contributed by atoms with Gasteiger partial charge in [0.2, 0.25) is 0 Å². The van der Waals surface area contributed by atoms with Crippen LogP contribution in [-0.2, 0) is 29.1 Å². The molecule has 9 rings (SSSR count). The average molecular weight is 692 g/mol. The molecule has 6 aromatic carbocycles. The van der Waals surface area contributed by atoms with Crippen LogP contribution in [0.4, 0.5) is 17.1 Å². The third kappa shape index (κ3) is 5.50. The van der Waals surface area contributed by atoms with Crippen molar-refractivity contribution in [1.82, 2.24) is 0 Å². The Hall–Kier alpha value is -4.88. The smallest absolute Gasteiger partial charge is 0.0543 e. The first-order chi connectivity index (χ1) is 25.4. The van der Waals surface area contributed by atoms with Crippen molar-refractivity contribution in [3.8, 4) is 33.4 Å². The zero-order valence-electron chi connectivity index (χ0n) is 32.7. The molecule has 0 aliphatic heterocycles. The van der Waals surface area contributed by atoms with Gasteiger partial charge in [0.1, 0.15) is 0 Å². The van der Waals surface area contributed by atoms with E-state index in [1.54, 1.807) is 0 Å². The maximum absolute atomic E-state index is 2.65. The Labute approximate surface area is 317 Å². The summed E-state index contributed by atoms with van der Waals surface area (Å²) in [6, 6.07) is 46.6. The summed E-state index contributed by atoms with van der Waals surface area (Å²) in [5.41, 5.74) is 22.0. The van der Waals surface area contributed by atoms with E-state index in [0.717, 1.165) is 12.8 Å². The third-order valence-corrected chi connectivity index (χ3v) is 13.3. The standard InChI is InChI=1S/C52H53N/c1-34-21-22-37-17-11-12-18-40(37)49(34)53(39-26-23-36(24-27-39)35-15-9-8-10-16-35)48-33-46-43(41-19-13-14-20-44(41)52(46,6)7)32-42(48)38-25-28-45-47(31-38)51(4,5)30-29-50(45,2)3/h8-10,13-16,19-28,31-33H,11-12,17-18,29-30H2,1-7H3. The molecule has 0 unspecified atom stereocenters. The Balaban J connectivity index is 1.35. The SMILES string of the molecule is Cc1ccc2c(c1N(c1ccc(-c3ccccc3)cc1)c1cc3c(cc1-c1ccc4c(c1)C(C)(C)CCC4(C)C)-c1ccccc1C3(C)C)CCCC2. The first kappa shape index (κ1) is 33.9. The molecule has 0 amide bonds. The summed E-state index contributed by atoms with van der Waals surface area (Å²) in [6.45, 7) is 16.9. The highest BCUT2D eigenvalue weighted by atomic mass is 15.2. The van der Waals surface area contributed by atoms with Gasteiger partial charge in [-0.2, -0.15) is 0 Å². The van der Waals surface area contributed by atoms with Crippen LogP contribution in [0.1, 0.15) is 106 Å². The second-order valence-corrected chi connectivity index (χ2v) is 17.9. The van der Waals surface area contributed by atoms with E-state index >= 15 is 0 Å². The minimum atomic E-state index is -0.116. The Morgan fingerprint density at radius 1 is 0.491 bits per heavy atom. The lowest BCUT2D eigenvalue weighted by atomic mass is 9.63. The van der Waals surface area contributed by atoms with Gasteiger partial charge in [0.05, 0.1) is 11.4 Å². The molecule has 266 valence electrons. The Morgan fingerprint density at radius 2 is 1.15 bits per heavy atom. The highest BCUT2D eigenvalue weighted by Crippen LogP contribution is 2.55. The summed E-state index contributed by atoms with van der Waals surface area (Å²) in [4.78, 5) is 2.65. The van der Waals surface area contributed by atoms with Crippen LogP contribution in [-0.4, -0.2) is 0 Å². The van der Waals surface area contributed by atoms with Crippen LogP contribution in [0.5, 0.6) is 0 Å². The summed E-state index contributed by atoms with van der Waals surface area (Å²) >= 11 is 0. The molecule has 3 aliphatic carbocycles. The summed E-state index contributed by atoms with van der Waals surface area (Å²) in [5.74, 6) is 0. The van der Waals surface area contributed by atoms with Crippen molar-refractivity contribution in [3.05, 3.63) is 160 Å². The fourth-order valence-corrected chi connectivity index (χ4v) is 9.97. The summed E-state index contributed by atoms with van der Waals surface area (Å²) in [7, 11) is 0. The van der Waals surface area contributed by atoms with Crippen LogP contribution in [0.25, 0.3) is 33.4 Å². The van der Waals surface area contributed by atoms with Crippen molar-refractivity contribution in [1.29, 1.82) is 0 Å². The van der Waals surface area contributed by atoms with Crippen LogP contribution < -0.4 is 4.90 Å². The number of aryl methyl sites for hydroxylation is 2. The molecule has 0 heterocycles. The van der Waals surface area contributed by atoms with Crippen LogP contribution >= 0.6 is 0 Å². The number of nitrogens with zero attached hydrogens (tertiary/aromatic N) is 1. The fourth-order valence-electron chi connectivity index (χ4n) is 9.97. The van der Waals surface area contributed by atoms with Gasteiger partial charge >= 0.3 is 0 Å². The molecular weight excluding hydrogens is 639 g/mol. The number of hydrogen-bond donors (Lipinski definition) is 0. The van der Waals surface area contributed by atoms with Gasteiger partial charge in [-0.3, -0.25) is 0 Å². The molecule has 53 heavy (non-hydrogen) atoms. The highest BCUT2D eigenvalue weighted by Gasteiger charge is 2.39. The van der Waals surface area contributed by atoms with Crippen molar-refractivity contribution in [2.24, 2.45) is 0 Å². The summed E-state index contributed by atoms with van der Waals surface area (Å²) < 4.78 is 0. The average Bonchev–Trinajstić information content (AvgIpc) is 3.40. The highest BCUT2D eigenvalue weighted by molar-refractivity contribution is 5.96. The molecule has 0 fully saturated rings. The van der Waals surface area contributed by atoms with Gasteiger partial charge in [-0.15, -0.1) is 0 Å². The second-order valence-electron chi connectivity index (χ2n) is 17.9. The van der Waals surface area contributed by atoms with Crippen LogP contribution in [0, 0.1) is 6.92 Å². The number of hydrogen-bond acceptors (Lipinski definition) is 1. The van der Waals surface area contributed by atoms with Gasteiger partial charge in [-0.05, 0) is 147 Å². The molecule has 1 heteroatoms. The van der Waals surface area contributed by atoms with E-state index in [-0.39, 0.29) is 16.2 Å². The molecule has 1 nitrogen and oxygen atoms in total. The number of benzene rings is 6. The van der Waals surface area contributed by atoms with Crippen LogP contribution in [0.3, 0.4) is 0 Å². The van der Waals surface area contributed by atoms with Gasteiger partial charge in [0.25, 0.3) is 0 Å². The zero-order valence-corrected chi connectivity index (χ0v) is 32.7. The minimum Gasteiger partial charge on any atom is -0.309 e. The predicted molar refractivity (Wildman–Crippen MR) is 226 cm³/mol. The molecule has 6 aromatic rings. The van der Waals surface area contributed by atoms with Gasteiger partial charge in [-0.1, -0.05) is 139 Å². The Kier molecular flexibility index (Phi) is 7.90. The summed E-state index contributed by atoms with van der Waals surface area (Å²) in [5, 5.41) is 0. The van der Waals surface area contributed by atoms with Crippen molar-refractivity contribution in [3.63, 3.8) is 0 Å². The monoisotopic (exact) mass is 691 g/mol. The largest absolute Gasteiger partial charge is 0.309 e. The van der Waals surface area contributed by atoms with E-state index in [4.69, 9.17) is 0 Å². The molecule has 0 N–H and O–H groups in total. The topological polar surface area (TPSA) is 3.24 Å². The quantitative estimate of drug-likeness (QED) is 0.174. The second kappa shape index (κ2) is 12.3. The molecule has 3 aliphatic rings. The molecule has 0 atom stereocenters. The molecule has 0 spiro atoms. The van der Waals surface area contributed by atoms with Crippen molar-refractivity contribution in [2.75, 3.05) is 4.90 Å². The first-order valence-electron chi connectivity index (χ1n) is 19.9. The van der Waals surface area contributed by atoms with E-state index in [0.29, 0.717) is 0 Å². The summed E-state index contributed by atoms with van der Waals surface area (Å²) in [6.07, 6.45) is 7.18. The van der Waals surface area contributed by atoms with Crippen molar-refractivity contribution >= 4 is 17.1 Å². The number of fused-ring (bicyclic) bond motifs is 5. The molecule has 0 aromatic heterocycles. The lowest BCUT2D eigenvalue weighted by molar-refractivity contribution is 0.332. The zero-order chi connectivity index (χ0) is 36.7. The Morgan fingerprint density at radius 3 is 1.92 bits per heavy atom. The third-order valence-electron chi connectivity index (χ3n) is 13.3. The maximum Gasteiger partial charge on any atom is 0.0543 e. The maximum atomic E-state index is 2.65. The fraction of sp³-hybridized carbons (Fsp3) is 0.308. The number of rotatable bonds is 5. The molecular formula is C52H53N. The minimum absolute atomic E-state index is 0.116. The van der Waals surface area contributed by atoms with Gasteiger partial charge in [-0.25, -0.2) is 0 Å². The normalized spacial score (nSPS) is 17.3. The Bertz CT molecular complexity index is 2370. The van der Waals surface area contributed by atoms with Gasteiger partial charge < -0.3 is 4.90 Å². The first-order valence-corrected chi connectivity index (χ1v) is 19.9. The molecule has 0 bridgehead atoms. The van der Waals surface area contributed by atoms with Crippen LogP contribution in [0.2, 0.25) is 0 Å². The number of anilines is 3. The van der Waals surface area contributed by atoms with E-state index in [1.165, 1.54) is 115 Å². The van der Waals surface area contributed by atoms with Crippen molar-refractivity contribution in [2.45, 2.75) is 103 Å². The molecule has 0 saturated heterocycles. The lowest BCUT2D eigenvalue weighted by Gasteiger charge is -2.42. The van der Waals surface area contributed by atoms with Crippen LogP contribution in [0.15, 0.2) is 121 Å². The lowest BCUT2D eigenvalue weighted by Crippen LogP contribution is -2.33.